The molecule has 1 N–H and O–H groups in total. The highest BCUT2D eigenvalue weighted by Crippen LogP contribution is 2.25. The smallest absolute Gasteiger partial charge is 0.377 e. The number of benzene rings is 1. The zero-order chi connectivity index (χ0) is 21.2. The average molecular weight is 431 g/mol. The minimum atomic E-state index is -0.737. The van der Waals surface area contributed by atoms with Crippen LogP contribution in [-0.4, -0.2) is 36.7 Å². The number of carbonyl (C=O) groups excluding carboxylic acids is 2. The van der Waals surface area contributed by atoms with E-state index in [9.17, 15) is 9.59 Å². The minimum Gasteiger partial charge on any atom is -0.493 e. The van der Waals surface area contributed by atoms with Crippen molar-refractivity contribution in [2.45, 2.75) is 39.0 Å². The van der Waals surface area contributed by atoms with Gasteiger partial charge in [-0.2, -0.15) is 0 Å². The molecule has 3 rings (SSSR count). The lowest BCUT2D eigenvalue weighted by Gasteiger charge is -2.14. The summed E-state index contributed by atoms with van der Waals surface area (Å²) in [7, 11) is 0. The average Bonchev–Trinajstić information content (AvgIpc) is 3.24. The second kappa shape index (κ2) is 11.3. The fourth-order valence-electron chi connectivity index (χ4n) is 2.89. The predicted molar refractivity (Wildman–Crippen MR) is 115 cm³/mol. The maximum absolute atomic E-state index is 12.0. The Morgan fingerprint density at radius 1 is 1.17 bits per heavy atom. The number of esters is 1. The molecule has 0 atom stereocenters. The SMILES string of the molecule is CCCCCCc1ccc(-c2csc(NC(=O)COC(=O)C3=COCCO3)n2)cc1. The van der Waals surface area contributed by atoms with Crippen LogP contribution in [0.5, 0.6) is 0 Å². The third-order valence-corrected chi connectivity index (χ3v) is 5.26. The highest BCUT2D eigenvalue weighted by atomic mass is 32.1. The number of carbonyl (C=O) groups is 2. The Kier molecular flexibility index (Phi) is 8.26. The fraction of sp³-hybridized carbons (Fsp3) is 0.409. The zero-order valence-corrected chi connectivity index (χ0v) is 17.8. The van der Waals surface area contributed by atoms with Gasteiger partial charge in [0.05, 0.1) is 5.69 Å². The minimum absolute atomic E-state index is 0.0422. The molecule has 160 valence electrons. The quantitative estimate of drug-likeness (QED) is 0.447. The topological polar surface area (TPSA) is 86.8 Å². The number of nitrogens with one attached hydrogen (secondary N) is 1. The number of thiazole rings is 1. The number of anilines is 1. The Morgan fingerprint density at radius 3 is 2.73 bits per heavy atom. The van der Waals surface area contributed by atoms with Crippen molar-refractivity contribution in [2.24, 2.45) is 0 Å². The van der Waals surface area contributed by atoms with Crippen LogP contribution in [0.15, 0.2) is 41.7 Å². The molecule has 2 heterocycles. The lowest BCUT2D eigenvalue weighted by Crippen LogP contribution is -2.23. The molecule has 0 spiro atoms. The maximum atomic E-state index is 12.0. The van der Waals surface area contributed by atoms with Crippen molar-refractivity contribution in [3.05, 3.63) is 47.2 Å². The summed E-state index contributed by atoms with van der Waals surface area (Å²) < 4.78 is 15.0. The Bertz CT molecular complexity index is 876. The van der Waals surface area contributed by atoms with E-state index in [1.807, 2.05) is 5.38 Å². The zero-order valence-electron chi connectivity index (χ0n) is 17.0. The van der Waals surface area contributed by atoms with Crippen molar-refractivity contribution >= 4 is 28.3 Å². The van der Waals surface area contributed by atoms with Gasteiger partial charge in [0.15, 0.2) is 11.7 Å². The van der Waals surface area contributed by atoms with Gasteiger partial charge in [-0.1, -0.05) is 50.5 Å². The standard InChI is InChI=1S/C22H26N2O5S/c1-2-3-4-5-6-16-7-9-17(10-8-16)18-15-30-22(23-18)24-20(25)14-29-21(26)19-13-27-11-12-28-19/h7-10,13,15H,2-6,11-12,14H2,1H3,(H,23,24,25). The van der Waals surface area contributed by atoms with Gasteiger partial charge in [-0.3, -0.25) is 10.1 Å². The van der Waals surface area contributed by atoms with E-state index in [2.05, 4.69) is 41.5 Å². The summed E-state index contributed by atoms with van der Waals surface area (Å²) >= 11 is 1.32. The van der Waals surface area contributed by atoms with Crippen LogP contribution >= 0.6 is 11.3 Å². The van der Waals surface area contributed by atoms with Crippen molar-refractivity contribution in [3.63, 3.8) is 0 Å². The second-order valence-electron chi connectivity index (χ2n) is 6.87. The van der Waals surface area contributed by atoms with Crippen LogP contribution in [0.25, 0.3) is 11.3 Å². The van der Waals surface area contributed by atoms with E-state index in [0.29, 0.717) is 11.7 Å². The number of nitrogens with zero attached hydrogens (tertiary/aromatic N) is 1. The van der Waals surface area contributed by atoms with E-state index >= 15 is 0 Å². The van der Waals surface area contributed by atoms with E-state index in [1.165, 1.54) is 48.8 Å². The molecule has 0 fully saturated rings. The Labute approximate surface area is 180 Å². The number of aromatic nitrogens is 1. The van der Waals surface area contributed by atoms with Gasteiger partial charge in [0.1, 0.15) is 19.5 Å². The molecule has 30 heavy (non-hydrogen) atoms. The van der Waals surface area contributed by atoms with Crippen LogP contribution in [0.2, 0.25) is 0 Å². The van der Waals surface area contributed by atoms with Gasteiger partial charge in [-0.05, 0) is 18.4 Å². The second-order valence-corrected chi connectivity index (χ2v) is 7.73. The van der Waals surface area contributed by atoms with E-state index in [4.69, 9.17) is 14.2 Å². The van der Waals surface area contributed by atoms with Crippen LogP contribution in [0.1, 0.15) is 38.2 Å². The molecule has 1 aliphatic rings. The molecule has 0 radical (unpaired) electrons. The fourth-order valence-corrected chi connectivity index (χ4v) is 3.63. The van der Waals surface area contributed by atoms with Crippen molar-refractivity contribution < 1.29 is 23.8 Å². The molecule has 0 saturated heterocycles. The number of rotatable bonds is 10. The van der Waals surface area contributed by atoms with Crippen molar-refractivity contribution in [3.8, 4) is 11.3 Å². The number of ether oxygens (including phenoxy) is 3. The van der Waals surface area contributed by atoms with Crippen LogP contribution in [0, 0.1) is 0 Å². The third kappa shape index (κ3) is 6.59. The van der Waals surface area contributed by atoms with Gasteiger partial charge >= 0.3 is 5.97 Å². The molecule has 1 aromatic carbocycles. The lowest BCUT2D eigenvalue weighted by atomic mass is 10.0. The van der Waals surface area contributed by atoms with Crippen LogP contribution < -0.4 is 5.32 Å². The van der Waals surface area contributed by atoms with E-state index in [1.54, 1.807) is 0 Å². The summed E-state index contributed by atoms with van der Waals surface area (Å²) in [6.07, 6.45) is 7.27. The van der Waals surface area contributed by atoms with E-state index in [0.717, 1.165) is 17.7 Å². The lowest BCUT2D eigenvalue weighted by molar-refractivity contribution is -0.148. The first-order chi connectivity index (χ1) is 14.7. The Balaban J connectivity index is 1.46. The highest BCUT2D eigenvalue weighted by molar-refractivity contribution is 7.14. The molecule has 0 unspecified atom stereocenters. The van der Waals surface area contributed by atoms with Gasteiger partial charge in [0, 0.05) is 10.9 Å². The molecule has 0 bridgehead atoms. The monoisotopic (exact) mass is 430 g/mol. The van der Waals surface area contributed by atoms with E-state index < -0.39 is 18.5 Å². The third-order valence-electron chi connectivity index (χ3n) is 4.50. The normalized spacial score (nSPS) is 13.0. The first-order valence-electron chi connectivity index (χ1n) is 10.1. The van der Waals surface area contributed by atoms with Crippen LogP contribution in [0.3, 0.4) is 0 Å². The molecule has 2 aromatic rings. The molecule has 8 heteroatoms. The molecule has 7 nitrogen and oxygen atoms in total. The molecule has 1 amide bonds. The first kappa shape index (κ1) is 21.8. The Morgan fingerprint density at radius 2 is 2.00 bits per heavy atom. The van der Waals surface area contributed by atoms with E-state index in [-0.39, 0.29) is 12.4 Å². The molecule has 1 aliphatic heterocycles. The van der Waals surface area contributed by atoms with Crippen molar-refractivity contribution in [1.29, 1.82) is 0 Å². The summed E-state index contributed by atoms with van der Waals surface area (Å²) in [4.78, 5) is 28.2. The van der Waals surface area contributed by atoms with Gasteiger partial charge in [-0.15, -0.1) is 11.3 Å². The number of unbranched alkanes of at least 4 members (excludes halogenated alkanes) is 3. The molecular weight excluding hydrogens is 404 g/mol. The maximum Gasteiger partial charge on any atom is 0.377 e. The van der Waals surface area contributed by atoms with Gasteiger partial charge in [0.25, 0.3) is 5.91 Å². The van der Waals surface area contributed by atoms with Gasteiger partial charge < -0.3 is 14.2 Å². The first-order valence-corrected chi connectivity index (χ1v) is 11.0. The number of aryl methyl sites for hydroxylation is 1. The summed E-state index contributed by atoms with van der Waals surface area (Å²) in [5.41, 5.74) is 3.11. The summed E-state index contributed by atoms with van der Waals surface area (Å²) in [6.45, 7) is 2.44. The number of amides is 1. The largest absolute Gasteiger partial charge is 0.493 e. The summed E-state index contributed by atoms with van der Waals surface area (Å²) in [5.74, 6) is -1.25. The van der Waals surface area contributed by atoms with Crippen LogP contribution in [0.4, 0.5) is 5.13 Å². The molecule has 0 saturated carbocycles. The van der Waals surface area contributed by atoms with Crippen molar-refractivity contribution in [2.75, 3.05) is 25.1 Å². The van der Waals surface area contributed by atoms with Crippen molar-refractivity contribution in [1.82, 2.24) is 4.98 Å². The number of hydrogen-bond donors (Lipinski definition) is 1. The van der Waals surface area contributed by atoms with Gasteiger partial charge in [-0.25, -0.2) is 9.78 Å². The molecular formula is C22H26N2O5S. The summed E-state index contributed by atoms with van der Waals surface area (Å²) in [6, 6.07) is 8.36. The number of hydrogen-bond acceptors (Lipinski definition) is 7. The van der Waals surface area contributed by atoms with Crippen LogP contribution in [-0.2, 0) is 30.2 Å². The molecule has 0 aliphatic carbocycles. The highest BCUT2D eigenvalue weighted by Gasteiger charge is 2.18. The Hall–Kier alpha value is -2.87. The predicted octanol–water partition coefficient (Wildman–Crippen LogP) is 4.30. The summed E-state index contributed by atoms with van der Waals surface area (Å²) in [5, 5.41) is 4.98. The van der Waals surface area contributed by atoms with Gasteiger partial charge in [0.2, 0.25) is 5.76 Å². The molecule has 1 aromatic heterocycles.